The Morgan fingerprint density at radius 2 is 2.16 bits per heavy atom. The SMILES string of the molecule is CCOC(=O)CCCC(C)NC1CCc2cc3c(cc2C1)OCC3.Cl. The van der Waals surface area contributed by atoms with Gasteiger partial charge in [0.05, 0.1) is 13.2 Å². The van der Waals surface area contributed by atoms with Gasteiger partial charge >= 0.3 is 5.97 Å². The average Bonchev–Trinajstić information content (AvgIpc) is 3.00. The Morgan fingerprint density at radius 3 is 2.96 bits per heavy atom. The summed E-state index contributed by atoms with van der Waals surface area (Å²) >= 11 is 0. The molecule has 1 aromatic carbocycles. The quantitative estimate of drug-likeness (QED) is 0.748. The maximum absolute atomic E-state index is 11.4. The molecule has 3 rings (SSSR count). The van der Waals surface area contributed by atoms with E-state index >= 15 is 0 Å². The number of rotatable bonds is 7. The second kappa shape index (κ2) is 9.44. The van der Waals surface area contributed by atoms with E-state index < -0.39 is 0 Å². The number of hydrogen-bond donors (Lipinski definition) is 1. The average molecular weight is 368 g/mol. The maximum atomic E-state index is 11.4. The lowest BCUT2D eigenvalue weighted by Crippen LogP contribution is -2.40. The van der Waals surface area contributed by atoms with Gasteiger partial charge in [0.25, 0.3) is 0 Å². The van der Waals surface area contributed by atoms with Crippen molar-refractivity contribution in [3.8, 4) is 5.75 Å². The van der Waals surface area contributed by atoms with Crippen LogP contribution < -0.4 is 10.1 Å². The molecule has 0 saturated carbocycles. The van der Waals surface area contributed by atoms with Crippen LogP contribution in [0.25, 0.3) is 0 Å². The highest BCUT2D eigenvalue weighted by atomic mass is 35.5. The first kappa shape index (κ1) is 20.1. The van der Waals surface area contributed by atoms with Crippen LogP contribution >= 0.6 is 12.4 Å². The molecule has 0 radical (unpaired) electrons. The molecule has 0 spiro atoms. The van der Waals surface area contributed by atoms with E-state index in [4.69, 9.17) is 9.47 Å². The second-order valence-electron chi connectivity index (χ2n) is 7.03. The monoisotopic (exact) mass is 367 g/mol. The van der Waals surface area contributed by atoms with Crippen LogP contribution in [-0.2, 0) is 28.8 Å². The maximum Gasteiger partial charge on any atom is 0.305 e. The van der Waals surface area contributed by atoms with E-state index in [-0.39, 0.29) is 18.4 Å². The van der Waals surface area contributed by atoms with Crippen molar-refractivity contribution in [2.75, 3.05) is 13.2 Å². The topological polar surface area (TPSA) is 47.6 Å². The standard InChI is InChI=1S/C20H29NO3.ClH/c1-3-23-20(22)6-4-5-14(2)21-18-8-7-15-11-16-9-10-24-19(16)13-17(15)12-18;/h11,13-14,18,21H,3-10,12H2,1-2H3;1H. The molecule has 1 aliphatic carbocycles. The molecule has 2 unspecified atom stereocenters. The van der Waals surface area contributed by atoms with Gasteiger partial charge in [-0.3, -0.25) is 4.79 Å². The van der Waals surface area contributed by atoms with Crippen LogP contribution in [0.1, 0.15) is 56.2 Å². The number of ether oxygens (including phenoxy) is 2. The number of carbonyl (C=O) groups excluding carboxylic acids is 1. The van der Waals surface area contributed by atoms with E-state index in [0.717, 1.165) is 44.5 Å². The van der Waals surface area contributed by atoms with Gasteiger partial charge in [0, 0.05) is 24.9 Å². The van der Waals surface area contributed by atoms with E-state index in [1.54, 1.807) is 0 Å². The van der Waals surface area contributed by atoms with Crippen molar-refractivity contribution in [3.63, 3.8) is 0 Å². The third-order valence-corrected chi connectivity index (χ3v) is 5.08. The molecule has 25 heavy (non-hydrogen) atoms. The minimum atomic E-state index is -0.0786. The number of aryl methyl sites for hydroxylation is 1. The molecule has 1 aromatic rings. The first-order chi connectivity index (χ1) is 11.7. The normalized spacial score (nSPS) is 19.2. The van der Waals surface area contributed by atoms with Crippen molar-refractivity contribution >= 4 is 18.4 Å². The second-order valence-corrected chi connectivity index (χ2v) is 7.03. The largest absolute Gasteiger partial charge is 0.493 e. The van der Waals surface area contributed by atoms with Crippen molar-refractivity contribution in [3.05, 3.63) is 28.8 Å². The summed E-state index contributed by atoms with van der Waals surface area (Å²) in [5.41, 5.74) is 4.33. The first-order valence-corrected chi connectivity index (χ1v) is 9.35. The fourth-order valence-corrected chi connectivity index (χ4v) is 3.85. The number of carbonyl (C=O) groups is 1. The fourth-order valence-electron chi connectivity index (χ4n) is 3.85. The number of halogens is 1. The van der Waals surface area contributed by atoms with Gasteiger partial charge in [-0.05, 0) is 68.7 Å². The third-order valence-electron chi connectivity index (χ3n) is 5.08. The molecule has 0 amide bonds. The molecule has 0 saturated heterocycles. The molecule has 2 atom stereocenters. The molecule has 140 valence electrons. The highest BCUT2D eigenvalue weighted by molar-refractivity contribution is 5.85. The van der Waals surface area contributed by atoms with Crippen molar-refractivity contribution in [1.29, 1.82) is 0 Å². The molecular formula is C20H30ClNO3. The van der Waals surface area contributed by atoms with Crippen LogP contribution in [0.5, 0.6) is 5.75 Å². The number of hydrogen-bond acceptors (Lipinski definition) is 4. The molecule has 1 heterocycles. The predicted molar refractivity (Wildman–Crippen MR) is 102 cm³/mol. The van der Waals surface area contributed by atoms with Gasteiger partial charge in [-0.1, -0.05) is 6.07 Å². The Bertz CT molecular complexity index is 591. The molecule has 4 nitrogen and oxygen atoms in total. The van der Waals surface area contributed by atoms with E-state index in [1.807, 2.05) is 6.92 Å². The molecule has 2 aliphatic rings. The molecule has 1 aliphatic heterocycles. The van der Waals surface area contributed by atoms with Crippen LogP contribution in [0.4, 0.5) is 0 Å². The Kier molecular flexibility index (Phi) is 7.57. The summed E-state index contributed by atoms with van der Waals surface area (Å²) in [7, 11) is 0. The molecule has 1 N–H and O–H groups in total. The van der Waals surface area contributed by atoms with Gasteiger partial charge in [-0.25, -0.2) is 0 Å². The zero-order chi connectivity index (χ0) is 16.9. The van der Waals surface area contributed by atoms with Crippen molar-refractivity contribution in [1.82, 2.24) is 5.32 Å². The zero-order valence-electron chi connectivity index (χ0n) is 15.3. The van der Waals surface area contributed by atoms with Gasteiger partial charge in [-0.15, -0.1) is 12.4 Å². The Balaban J connectivity index is 0.00000225. The van der Waals surface area contributed by atoms with Crippen LogP contribution in [0.3, 0.4) is 0 Å². The predicted octanol–water partition coefficient (Wildman–Crippen LogP) is 3.61. The van der Waals surface area contributed by atoms with Crippen molar-refractivity contribution in [2.45, 2.75) is 70.9 Å². The lowest BCUT2D eigenvalue weighted by atomic mass is 9.86. The summed E-state index contributed by atoms with van der Waals surface area (Å²) < 4.78 is 10.7. The Hall–Kier alpha value is -1.26. The van der Waals surface area contributed by atoms with Gasteiger partial charge in [0.1, 0.15) is 5.75 Å². The fraction of sp³-hybridized carbons (Fsp3) is 0.650. The van der Waals surface area contributed by atoms with Gasteiger partial charge < -0.3 is 14.8 Å². The van der Waals surface area contributed by atoms with E-state index in [2.05, 4.69) is 24.4 Å². The summed E-state index contributed by atoms with van der Waals surface area (Å²) in [6.07, 6.45) is 6.89. The summed E-state index contributed by atoms with van der Waals surface area (Å²) in [6.45, 7) is 5.37. The van der Waals surface area contributed by atoms with Crippen LogP contribution in [0, 0.1) is 0 Å². The van der Waals surface area contributed by atoms with Crippen LogP contribution in [0.15, 0.2) is 12.1 Å². The molecule has 0 fully saturated rings. The summed E-state index contributed by atoms with van der Waals surface area (Å²) in [4.78, 5) is 11.4. The number of nitrogens with one attached hydrogen (secondary N) is 1. The van der Waals surface area contributed by atoms with E-state index in [0.29, 0.717) is 25.1 Å². The lowest BCUT2D eigenvalue weighted by molar-refractivity contribution is -0.143. The summed E-state index contributed by atoms with van der Waals surface area (Å²) in [6, 6.07) is 5.57. The smallest absolute Gasteiger partial charge is 0.305 e. The van der Waals surface area contributed by atoms with Crippen molar-refractivity contribution < 1.29 is 14.3 Å². The number of esters is 1. The van der Waals surface area contributed by atoms with Gasteiger partial charge in [0.15, 0.2) is 0 Å². The number of benzene rings is 1. The molecule has 0 bridgehead atoms. The third kappa shape index (κ3) is 5.35. The highest BCUT2D eigenvalue weighted by Gasteiger charge is 2.23. The van der Waals surface area contributed by atoms with E-state index in [9.17, 15) is 4.79 Å². The Labute approximate surface area is 157 Å². The lowest BCUT2D eigenvalue weighted by Gasteiger charge is -2.29. The minimum Gasteiger partial charge on any atom is -0.493 e. The van der Waals surface area contributed by atoms with Crippen molar-refractivity contribution in [2.24, 2.45) is 0 Å². The molecule has 5 heteroatoms. The van der Waals surface area contributed by atoms with Crippen LogP contribution in [-0.4, -0.2) is 31.3 Å². The first-order valence-electron chi connectivity index (χ1n) is 9.35. The van der Waals surface area contributed by atoms with Crippen LogP contribution in [0.2, 0.25) is 0 Å². The summed E-state index contributed by atoms with van der Waals surface area (Å²) in [5.74, 6) is 1.02. The minimum absolute atomic E-state index is 0. The van der Waals surface area contributed by atoms with E-state index in [1.165, 1.54) is 23.1 Å². The van der Waals surface area contributed by atoms with Gasteiger partial charge in [-0.2, -0.15) is 0 Å². The number of fused-ring (bicyclic) bond motifs is 2. The zero-order valence-corrected chi connectivity index (χ0v) is 16.1. The Morgan fingerprint density at radius 1 is 1.32 bits per heavy atom. The highest BCUT2D eigenvalue weighted by Crippen LogP contribution is 2.32. The molecular weight excluding hydrogens is 338 g/mol. The molecule has 0 aromatic heterocycles. The van der Waals surface area contributed by atoms with Gasteiger partial charge in [0.2, 0.25) is 0 Å². The summed E-state index contributed by atoms with van der Waals surface area (Å²) in [5, 5.41) is 3.74.